The van der Waals surface area contributed by atoms with E-state index in [1.54, 1.807) is 48.5 Å². The fraction of sp³-hybridized carbons (Fsp3) is 0.136. The van der Waals surface area contributed by atoms with Crippen molar-refractivity contribution < 1.29 is 28.6 Å². The lowest BCUT2D eigenvalue weighted by molar-refractivity contribution is -0.120. The first-order valence-corrected chi connectivity index (χ1v) is 9.23. The maximum atomic E-state index is 12.1. The van der Waals surface area contributed by atoms with Gasteiger partial charge in [0.1, 0.15) is 24.7 Å². The van der Waals surface area contributed by atoms with Crippen molar-refractivity contribution in [3.05, 3.63) is 71.5 Å². The third-order valence-electron chi connectivity index (χ3n) is 4.40. The zero-order valence-corrected chi connectivity index (χ0v) is 15.8. The first-order valence-electron chi connectivity index (χ1n) is 9.23. The molecule has 0 unspecified atom stereocenters. The largest absolute Gasteiger partial charge is 0.486 e. The van der Waals surface area contributed by atoms with Crippen molar-refractivity contribution in [2.24, 2.45) is 5.10 Å². The molecule has 0 fully saturated rings. The van der Waals surface area contributed by atoms with Crippen LogP contribution in [0.5, 0.6) is 11.5 Å². The fourth-order valence-electron chi connectivity index (χ4n) is 3.04. The molecule has 0 aliphatic carbocycles. The molecule has 0 saturated carbocycles. The number of furan rings is 1. The summed E-state index contributed by atoms with van der Waals surface area (Å²) >= 11 is 0. The molecule has 8 nitrogen and oxygen atoms in total. The van der Waals surface area contributed by atoms with Crippen molar-refractivity contribution in [2.75, 3.05) is 13.2 Å². The number of aromatic carboxylic acids is 1. The van der Waals surface area contributed by atoms with Crippen LogP contribution in [0.2, 0.25) is 0 Å². The number of fused-ring (bicyclic) bond motifs is 1. The Morgan fingerprint density at radius 1 is 1.03 bits per heavy atom. The number of ether oxygens (including phenoxy) is 2. The fourth-order valence-corrected chi connectivity index (χ4v) is 3.04. The molecule has 8 heteroatoms. The summed E-state index contributed by atoms with van der Waals surface area (Å²) in [6.45, 7) is 0.993. The van der Waals surface area contributed by atoms with E-state index < -0.39 is 5.97 Å². The van der Waals surface area contributed by atoms with Crippen LogP contribution in [0.3, 0.4) is 0 Å². The predicted molar refractivity (Wildman–Crippen MR) is 108 cm³/mol. The Labute approximate surface area is 171 Å². The van der Waals surface area contributed by atoms with Gasteiger partial charge in [-0.3, -0.25) is 4.79 Å². The first-order chi connectivity index (χ1) is 14.6. The Hall–Kier alpha value is -4.07. The molecule has 2 heterocycles. The molecule has 1 aliphatic heterocycles. The topological polar surface area (TPSA) is 110 Å². The van der Waals surface area contributed by atoms with E-state index in [2.05, 4.69) is 10.5 Å². The number of carboxylic acid groups (broad SMARTS) is 1. The van der Waals surface area contributed by atoms with Gasteiger partial charge in [0.2, 0.25) is 5.91 Å². The van der Waals surface area contributed by atoms with E-state index in [0.717, 1.165) is 5.56 Å². The smallest absolute Gasteiger partial charge is 0.336 e. The van der Waals surface area contributed by atoms with Gasteiger partial charge in [-0.1, -0.05) is 24.3 Å². The Kier molecular flexibility index (Phi) is 5.47. The number of carbonyl (C=O) groups excluding carboxylic acids is 1. The van der Waals surface area contributed by atoms with Gasteiger partial charge in [0.15, 0.2) is 11.5 Å². The summed E-state index contributed by atoms with van der Waals surface area (Å²) < 4.78 is 16.6. The van der Waals surface area contributed by atoms with Crippen molar-refractivity contribution in [3.63, 3.8) is 0 Å². The van der Waals surface area contributed by atoms with Crippen molar-refractivity contribution in [3.8, 4) is 22.8 Å². The quantitative estimate of drug-likeness (QED) is 0.481. The lowest BCUT2D eigenvalue weighted by Crippen LogP contribution is -2.20. The number of rotatable bonds is 6. The molecule has 0 saturated heterocycles. The maximum absolute atomic E-state index is 12.1. The van der Waals surface area contributed by atoms with E-state index in [1.165, 1.54) is 12.3 Å². The molecule has 0 spiro atoms. The van der Waals surface area contributed by atoms with E-state index in [4.69, 9.17) is 13.9 Å². The van der Waals surface area contributed by atoms with Crippen LogP contribution < -0.4 is 14.9 Å². The molecule has 2 N–H and O–H groups in total. The minimum absolute atomic E-state index is 0.128. The van der Waals surface area contributed by atoms with Gasteiger partial charge in [0.05, 0.1) is 18.2 Å². The summed E-state index contributed by atoms with van der Waals surface area (Å²) in [6.07, 6.45) is 1.48. The van der Waals surface area contributed by atoms with Crippen LogP contribution in [-0.2, 0) is 11.2 Å². The van der Waals surface area contributed by atoms with E-state index in [9.17, 15) is 14.7 Å². The van der Waals surface area contributed by atoms with Gasteiger partial charge < -0.3 is 19.0 Å². The molecule has 0 radical (unpaired) electrons. The maximum Gasteiger partial charge on any atom is 0.336 e. The average Bonchev–Trinajstić information content (AvgIpc) is 3.22. The van der Waals surface area contributed by atoms with Crippen molar-refractivity contribution >= 4 is 18.1 Å². The summed E-state index contributed by atoms with van der Waals surface area (Å²) in [6, 6.07) is 15.2. The number of carbonyl (C=O) groups is 2. The molecular formula is C22H18N2O6. The highest BCUT2D eigenvalue weighted by Gasteiger charge is 2.14. The summed E-state index contributed by atoms with van der Waals surface area (Å²) in [7, 11) is 0. The minimum atomic E-state index is -1.04. The highest BCUT2D eigenvalue weighted by molar-refractivity contribution is 5.95. The predicted octanol–water partition coefficient (Wildman–Crippen LogP) is 3.11. The molecule has 3 aromatic rings. The van der Waals surface area contributed by atoms with Crippen LogP contribution in [0.1, 0.15) is 21.7 Å². The van der Waals surface area contributed by atoms with Crippen LogP contribution in [0.25, 0.3) is 11.3 Å². The summed E-state index contributed by atoms with van der Waals surface area (Å²) in [5.74, 6) is 0.734. The van der Waals surface area contributed by atoms with Gasteiger partial charge >= 0.3 is 5.97 Å². The Morgan fingerprint density at radius 2 is 1.83 bits per heavy atom. The summed E-state index contributed by atoms with van der Waals surface area (Å²) in [5, 5.41) is 13.2. The number of carboxylic acids is 1. The van der Waals surface area contributed by atoms with Gasteiger partial charge in [0, 0.05) is 5.56 Å². The highest BCUT2D eigenvalue weighted by Crippen LogP contribution is 2.30. The van der Waals surface area contributed by atoms with Crippen LogP contribution in [0.4, 0.5) is 0 Å². The van der Waals surface area contributed by atoms with Gasteiger partial charge in [0.25, 0.3) is 0 Å². The molecule has 0 atom stereocenters. The molecule has 4 rings (SSSR count). The van der Waals surface area contributed by atoms with Crippen molar-refractivity contribution in [2.45, 2.75) is 6.42 Å². The van der Waals surface area contributed by atoms with Crippen molar-refractivity contribution in [1.82, 2.24) is 5.43 Å². The van der Waals surface area contributed by atoms with Crippen LogP contribution in [-0.4, -0.2) is 36.4 Å². The third-order valence-corrected chi connectivity index (χ3v) is 4.40. The molecule has 2 aromatic carbocycles. The molecule has 1 amide bonds. The summed E-state index contributed by atoms with van der Waals surface area (Å²) in [5.41, 5.74) is 3.82. The average molecular weight is 406 g/mol. The lowest BCUT2D eigenvalue weighted by atomic mass is 10.1. The number of nitrogens with one attached hydrogen (secondary N) is 1. The zero-order chi connectivity index (χ0) is 20.9. The Bertz CT molecular complexity index is 1120. The molecule has 0 bridgehead atoms. The zero-order valence-electron chi connectivity index (χ0n) is 15.8. The first kappa shape index (κ1) is 19.3. The van der Waals surface area contributed by atoms with E-state index in [0.29, 0.717) is 41.8 Å². The van der Waals surface area contributed by atoms with E-state index in [1.807, 2.05) is 0 Å². The number of nitrogens with zero attached hydrogens (tertiary/aromatic N) is 1. The highest BCUT2D eigenvalue weighted by atomic mass is 16.6. The van der Waals surface area contributed by atoms with Crippen molar-refractivity contribution in [1.29, 1.82) is 0 Å². The molecular weight excluding hydrogens is 388 g/mol. The minimum Gasteiger partial charge on any atom is -0.486 e. The standard InChI is InChI=1S/C22H18N2O6/c25-21(12-14-5-7-19-20(11-14)29-10-9-28-19)24-23-13-15-6-8-18(30-15)16-3-1-2-4-17(16)22(26)27/h1-8,11,13H,9-10,12H2,(H,24,25)(H,26,27). The number of benzene rings is 2. The molecule has 30 heavy (non-hydrogen) atoms. The van der Waals surface area contributed by atoms with Crippen LogP contribution in [0.15, 0.2) is 64.1 Å². The second kappa shape index (κ2) is 8.52. The molecule has 1 aliphatic rings. The Balaban J connectivity index is 1.37. The summed E-state index contributed by atoms with van der Waals surface area (Å²) in [4.78, 5) is 23.5. The van der Waals surface area contributed by atoms with Gasteiger partial charge in [-0.05, 0) is 35.9 Å². The van der Waals surface area contributed by atoms with E-state index in [-0.39, 0.29) is 17.9 Å². The lowest BCUT2D eigenvalue weighted by Gasteiger charge is -2.18. The second-order valence-corrected chi connectivity index (χ2v) is 6.50. The van der Waals surface area contributed by atoms with E-state index >= 15 is 0 Å². The number of hydrogen-bond acceptors (Lipinski definition) is 6. The Morgan fingerprint density at radius 3 is 2.67 bits per heavy atom. The van der Waals surface area contributed by atoms with Crippen LogP contribution >= 0.6 is 0 Å². The molecule has 152 valence electrons. The number of amides is 1. The van der Waals surface area contributed by atoms with Gasteiger partial charge in [-0.25, -0.2) is 10.2 Å². The number of hydrogen-bond donors (Lipinski definition) is 2. The number of hydrazone groups is 1. The van der Waals surface area contributed by atoms with Gasteiger partial charge in [-0.15, -0.1) is 0 Å². The molecule has 1 aromatic heterocycles. The third kappa shape index (κ3) is 4.33. The second-order valence-electron chi connectivity index (χ2n) is 6.50. The normalized spacial score (nSPS) is 12.7. The van der Waals surface area contributed by atoms with Crippen LogP contribution in [0, 0.1) is 0 Å². The monoisotopic (exact) mass is 406 g/mol. The SMILES string of the molecule is O=C(Cc1ccc2c(c1)OCCO2)NN=Cc1ccc(-c2ccccc2C(=O)O)o1. The van der Waals surface area contributed by atoms with Gasteiger partial charge in [-0.2, -0.15) is 5.10 Å².